The molecule has 12 heteroatoms. The summed E-state index contributed by atoms with van der Waals surface area (Å²) >= 11 is 6.24. The molecule has 2 amide bonds. The number of nitrogens with one attached hydrogen (secondary N) is 1. The van der Waals surface area contributed by atoms with Gasteiger partial charge in [0.25, 0.3) is 10.0 Å². The van der Waals surface area contributed by atoms with Gasteiger partial charge in [0.05, 0.1) is 31.4 Å². The molecule has 10 nitrogen and oxygen atoms in total. The number of hydrogen-bond acceptors (Lipinski definition) is 7. The smallest absolute Gasteiger partial charge is 0.264 e. The largest absolute Gasteiger partial charge is 0.494 e. The van der Waals surface area contributed by atoms with Crippen molar-refractivity contribution < 1.29 is 32.2 Å². The van der Waals surface area contributed by atoms with Crippen LogP contribution in [0.25, 0.3) is 0 Å². The number of amides is 2. The number of rotatable bonds is 14. The van der Waals surface area contributed by atoms with Gasteiger partial charge < -0.3 is 24.4 Å². The second-order valence-electron chi connectivity index (χ2n) is 10.8. The Bertz CT molecular complexity index is 1580. The van der Waals surface area contributed by atoms with Gasteiger partial charge in [0.1, 0.15) is 18.3 Å². The highest BCUT2D eigenvalue weighted by atomic mass is 35.5. The standard InChI is InChI=1S/C33H40ClN3O7S/c1-5-44-28-15-13-27(14-16-28)37(45(40,41)29-17-18-30(42-3)31(20-29)43-4)22-32(38)36(21-24-9-8-10-25(34)19-24)23(2)33(39)35-26-11-6-7-12-26/h8-10,13-20,23,26H,5-7,11-12,21-22H2,1-4H3,(H,35,39)/t23-/m1/s1. The summed E-state index contributed by atoms with van der Waals surface area (Å²) in [6.07, 6.45) is 3.84. The first kappa shape index (κ1) is 33.9. The quantitative estimate of drug-likeness (QED) is 0.246. The van der Waals surface area contributed by atoms with E-state index in [9.17, 15) is 18.0 Å². The number of halogens is 1. The third-order valence-corrected chi connectivity index (χ3v) is 9.77. The van der Waals surface area contributed by atoms with Crippen molar-refractivity contribution in [3.8, 4) is 17.2 Å². The highest BCUT2D eigenvalue weighted by Gasteiger charge is 2.34. The van der Waals surface area contributed by atoms with Crippen LogP contribution in [0.15, 0.2) is 71.6 Å². The summed E-state index contributed by atoms with van der Waals surface area (Å²) in [7, 11) is -1.46. The topological polar surface area (TPSA) is 114 Å². The molecule has 4 rings (SSSR count). The lowest BCUT2D eigenvalue weighted by atomic mass is 10.1. The van der Waals surface area contributed by atoms with Gasteiger partial charge >= 0.3 is 0 Å². The van der Waals surface area contributed by atoms with Crippen LogP contribution in [0.2, 0.25) is 5.02 Å². The molecule has 0 aliphatic heterocycles. The van der Waals surface area contributed by atoms with Crippen LogP contribution in [0, 0.1) is 0 Å². The van der Waals surface area contributed by atoms with Gasteiger partial charge in [0.15, 0.2) is 11.5 Å². The fourth-order valence-electron chi connectivity index (χ4n) is 5.31. The van der Waals surface area contributed by atoms with Crippen LogP contribution in [-0.4, -0.2) is 64.6 Å². The fourth-order valence-corrected chi connectivity index (χ4v) is 6.96. The van der Waals surface area contributed by atoms with E-state index in [1.807, 2.05) is 6.92 Å². The van der Waals surface area contributed by atoms with E-state index in [1.165, 1.54) is 37.3 Å². The number of anilines is 1. The molecule has 45 heavy (non-hydrogen) atoms. The van der Waals surface area contributed by atoms with Gasteiger partial charge in [-0.3, -0.25) is 13.9 Å². The molecule has 1 saturated carbocycles. The third-order valence-electron chi connectivity index (χ3n) is 7.77. The average molecular weight is 658 g/mol. The van der Waals surface area contributed by atoms with Crippen LogP contribution in [0.3, 0.4) is 0 Å². The Kier molecular flexibility index (Phi) is 11.6. The molecule has 1 atom stereocenters. The van der Waals surface area contributed by atoms with Crippen molar-refractivity contribution in [1.29, 1.82) is 0 Å². The van der Waals surface area contributed by atoms with Crippen molar-refractivity contribution >= 4 is 39.1 Å². The second kappa shape index (κ2) is 15.4. The molecule has 0 spiro atoms. The predicted molar refractivity (Wildman–Crippen MR) is 174 cm³/mol. The number of methoxy groups -OCH3 is 2. The molecular weight excluding hydrogens is 618 g/mol. The number of benzene rings is 3. The van der Waals surface area contributed by atoms with Crippen LogP contribution in [0.1, 0.15) is 45.1 Å². The van der Waals surface area contributed by atoms with E-state index in [-0.39, 0.29) is 34.8 Å². The molecule has 3 aromatic rings. The van der Waals surface area contributed by atoms with Gasteiger partial charge in [-0.05, 0) is 80.8 Å². The zero-order valence-electron chi connectivity index (χ0n) is 26.0. The number of carbonyl (C=O) groups is 2. The van der Waals surface area contributed by atoms with E-state index in [0.29, 0.717) is 28.7 Å². The van der Waals surface area contributed by atoms with Gasteiger partial charge in [-0.15, -0.1) is 0 Å². The molecule has 0 bridgehead atoms. The van der Waals surface area contributed by atoms with Crippen LogP contribution >= 0.6 is 11.6 Å². The molecule has 0 radical (unpaired) electrons. The fraction of sp³-hybridized carbons (Fsp3) is 0.394. The van der Waals surface area contributed by atoms with Crippen LogP contribution in [0.4, 0.5) is 5.69 Å². The monoisotopic (exact) mass is 657 g/mol. The lowest BCUT2D eigenvalue weighted by Gasteiger charge is -2.32. The summed E-state index contributed by atoms with van der Waals surface area (Å²) in [5.74, 6) is 0.261. The van der Waals surface area contributed by atoms with E-state index in [1.54, 1.807) is 55.5 Å². The van der Waals surface area contributed by atoms with Gasteiger partial charge in [-0.25, -0.2) is 8.42 Å². The van der Waals surface area contributed by atoms with Crippen molar-refractivity contribution in [2.45, 2.75) is 63.1 Å². The third kappa shape index (κ3) is 8.40. The number of hydrogen-bond donors (Lipinski definition) is 1. The van der Waals surface area contributed by atoms with Crippen molar-refractivity contribution in [3.05, 3.63) is 77.3 Å². The van der Waals surface area contributed by atoms with Crippen molar-refractivity contribution in [1.82, 2.24) is 10.2 Å². The molecule has 0 unspecified atom stereocenters. The first-order chi connectivity index (χ1) is 21.6. The number of sulfonamides is 1. The summed E-state index contributed by atoms with van der Waals surface area (Å²) in [5, 5.41) is 3.54. The summed E-state index contributed by atoms with van der Waals surface area (Å²) in [5.41, 5.74) is 0.944. The SMILES string of the molecule is CCOc1ccc(N(CC(=O)N(Cc2cccc(Cl)c2)[C@H](C)C(=O)NC2CCCC2)S(=O)(=O)c2ccc(OC)c(OC)c2)cc1. The van der Waals surface area contributed by atoms with E-state index >= 15 is 0 Å². The molecule has 1 fully saturated rings. The second-order valence-corrected chi connectivity index (χ2v) is 13.1. The van der Waals surface area contributed by atoms with Crippen LogP contribution < -0.4 is 23.8 Å². The van der Waals surface area contributed by atoms with Crippen molar-refractivity contribution in [2.24, 2.45) is 0 Å². The van der Waals surface area contributed by atoms with Crippen LogP contribution in [-0.2, 0) is 26.2 Å². The minimum Gasteiger partial charge on any atom is -0.494 e. The minimum absolute atomic E-state index is 0.0478. The van der Waals surface area contributed by atoms with E-state index in [2.05, 4.69) is 5.32 Å². The number of carbonyl (C=O) groups excluding carboxylic acids is 2. The molecule has 0 aromatic heterocycles. The van der Waals surface area contributed by atoms with Crippen molar-refractivity contribution in [3.63, 3.8) is 0 Å². The van der Waals surface area contributed by atoms with E-state index < -0.39 is 28.5 Å². The summed E-state index contributed by atoms with van der Waals surface area (Å²) in [6, 6.07) is 16.8. The Morgan fingerprint density at radius 1 is 0.978 bits per heavy atom. The molecule has 1 aliphatic rings. The summed E-state index contributed by atoms with van der Waals surface area (Å²) in [6.45, 7) is 3.40. The van der Waals surface area contributed by atoms with Gasteiger partial charge in [0, 0.05) is 23.7 Å². The van der Waals surface area contributed by atoms with Gasteiger partial charge in [-0.2, -0.15) is 0 Å². The van der Waals surface area contributed by atoms with E-state index in [0.717, 1.165) is 30.0 Å². The number of ether oxygens (including phenoxy) is 3. The molecular formula is C33H40ClN3O7S. The molecule has 0 heterocycles. The van der Waals surface area contributed by atoms with Crippen LogP contribution in [0.5, 0.6) is 17.2 Å². The molecule has 242 valence electrons. The minimum atomic E-state index is -4.32. The normalized spacial score (nSPS) is 14.0. The highest BCUT2D eigenvalue weighted by Crippen LogP contribution is 2.33. The zero-order chi connectivity index (χ0) is 32.6. The Morgan fingerprint density at radius 2 is 1.67 bits per heavy atom. The lowest BCUT2D eigenvalue weighted by Crippen LogP contribution is -2.52. The summed E-state index contributed by atoms with van der Waals surface area (Å²) < 4.78 is 45.7. The average Bonchev–Trinajstić information content (AvgIpc) is 3.55. The maximum absolute atomic E-state index is 14.2. The van der Waals surface area contributed by atoms with Gasteiger partial charge in [0.2, 0.25) is 11.8 Å². The summed E-state index contributed by atoms with van der Waals surface area (Å²) in [4.78, 5) is 28.9. The molecule has 1 aliphatic carbocycles. The molecule has 3 aromatic carbocycles. The van der Waals surface area contributed by atoms with E-state index in [4.69, 9.17) is 25.8 Å². The van der Waals surface area contributed by atoms with Gasteiger partial charge in [-0.1, -0.05) is 36.6 Å². The highest BCUT2D eigenvalue weighted by molar-refractivity contribution is 7.92. The first-order valence-electron chi connectivity index (χ1n) is 14.9. The molecule has 0 saturated heterocycles. The molecule has 1 N–H and O–H groups in total. The predicted octanol–water partition coefficient (Wildman–Crippen LogP) is 5.43. The maximum Gasteiger partial charge on any atom is 0.264 e. The lowest BCUT2D eigenvalue weighted by molar-refractivity contribution is -0.139. The van der Waals surface area contributed by atoms with Crippen molar-refractivity contribution in [2.75, 3.05) is 31.7 Å². The number of nitrogens with zero attached hydrogens (tertiary/aromatic N) is 2. The Balaban J connectivity index is 1.72. The maximum atomic E-state index is 14.2. The Labute approximate surface area is 270 Å². The first-order valence-corrected chi connectivity index (χ1v) is 16.7. The zero-order valence-corrected chi connectivity index (χ0v) is 27.6. The Hall–Kier alpha value is -3.96. The Morgan fingerprint density at radius 3 is 2.29 bits per heavy atom.